The van der Waals surface area contributed by atoms with Crippen LogP contribution in [0.25, 0.3) is 0 Å². The summed E-state index contributed by atoms with van der Waals surface area (Å²) in [5.41, 5.74) is -0.803. The first-order valence-corrected chi connectivity index (χ1v) is 5.85. The van der Waals surface area contributed by atoms with Crippen molar-refractivity contribution in [2.75, 3.05) is 20.7 Å². The molecular formula is C12H23NO4. The van der Waals surface area contributed by atoms with E-state index in [1.807, 2.05) is 20.8 Å². The number of methoxy groups -OCH3 is 1. The highest BCUT2D eigenvalue weighted by Crippen LogP contribution is 2.49. The van der Waals surface area contributed by atoms with E-state index in [0.717, 1.165) is 12.8 Å². The van der Waals surface area contributed by atoms with E-state index in [2.05, 4.69) is 0 Å². The summed E-state index contributed by atoms with van der Waals surface area (Å²) in [5.74, 6) is 0. The Hall–Kier alpha value is -0.810. The molecule has 1 unspecified atom stereocenters. The Morgan fingerprint density at radius 1 is 1.47 bits per heavy atom. The molecule has 1 amide bonds. The van der Waals surface area contributed by atoms with Gasteiger partial charge in [-0.1, -0.05) is 0 Å². The third kappa shape index (κ3) is 3.85. The van der Waals surface area contributed by atoms with Gasteiger partial charge in [0.25, 0.3) is 0 Å². The summed E-state index contributed by atoms with van der Waals surface area (Å²) in [4.78, 5) is 13.3. The zero-order chi connectivity index (χ0) is 13.3. The van der Waals surface area contributed by atoms with E-state index >= 15 is 0 Å². The average Bonchev–Trinajstić information content (AvgIpc) is 2.95. The highest BCUT2D eigenvalue weighted by molar-refractivity contribution is 5.67. The molecule has 1 N–H and O–H groups in total. The predicted octanol–water partition coefficient (Wildman–Crippen LogP) is 1.60. The number of ether oxygens (including phenoxy) is 2. The van der Waals surface area contributed by atoms with Gasteiger partial charge in [0, 0.05) is 26.1 Å². The van der Waals surface area contributed by atoms with Crippen LogP contribution >= 0.6 is 0 Å². The molecule has 0 aliphatic heterocycles. The normalized spacial score (nSPS) is 19.6. The number of carbonyl (C=O) groups excluding carboxylic acids is 1. The van der Waals surface area contributed by atoms with Gasteiger partial charge in [-0.05, 0) is 33.6 Å². The molecule has 17 heavy (non-hydrogen) atoms. The van der Waals surface area contributed by atoms with Crippen molar-refractivity contribution in [3.63, 3.8) is 0 Å². The maximum absolute atomic E-state index is 11.8. The maximum Gasteiger partial charge on any atom is 0.410 e. The van der Waals surface area contributed by atoms with E-state index in [9.17, 15) is 9.90 Å². The fourth-order valence-electron chi connectivity index (χ4n) is 1.77. The van der Waals surface area contributed by atoms with Crippen molar-refractivity contribution in [3.05, 3.63) is 0 Å². The van der Waals surface area contributed by atoms with Crippen LogP contribution in [0.2, 0.25) is 0 Å². The van der Waals surface area contributed by atoms with E-state index in [1.165, 1.54) is 12.0 Å². The number of aliphatic hydroxyl groups is 1. The van der Waals surface area contributed by atoms with Gasteiger partial charge in [-0.2, -0.15) is 0 Å². The number of amides is 1. The highest BCUT2D eigenvalue weighted by Gasteiger charge is 2.51. The lowest BCUT2D eigenvalue weighted by molar-refractivity contribution is -0.127. The van der Waals surface area contributed by atoms with Crippen LogP contribution in [0.3, 0.4) is 0 Å². The predicted molar refractivity (Wildman–Crippen MR) is 63.5 cm³/mol. The van der Waals surface area contributed by atoms with Crippen LogP contribution in [0.4, 0.5) is 4.79 Å². The molecule has 1 saturated carbocycles. The number of aliphatic hydroxyl groups excluding tert-OH is 1. The first-order valence-electron chi connectivity index (χ1n) is 5.85. The minimum Gasteiger partial charge on any atom is -0.444 e. The van der Waals surface area contributed by atoms with Crippen molar-refractivity contribution in [1.82, 2.24) is 4.90 Å². The van der Waals surface area contributed by atoms with Crippen LogP contribution in [0.5, 0.6) is 0 Å². The van der Waals surface area contributed by atoms with E-state index in [0.29, 0.717) is 6.54 Å². The fraction of sp³-hybridized carbons (Fsp3) is 0.917. The van der Waals surface area contributed by atoms with Crippen molar-refractivity contribution in [3.8, 4) is 0 Å². The maximum atomic E-state index is 11.8. The van der Waals surface area contributed by atoms with Gasteiger partial charge in [0.2, 0.25) is 0 Å². The van der Waals surface area contributed by atoms with E-state index < -0.39 is 11.9 Å². The molecule has 1 aliphatic carbocycles. The molecule has 0 radical (unpaired) electrons. The number of nitrogens with zero attached hydrogens (tertiary/aromatic N) is 1. The first-order chi connectivity index (χ1) is 7.70. The molecule has 5 nitrogen and oxygen atoms in total. The summed E-state index contributed by atoms with van der Waals surface area (Å²) >= 11 is 0. The molecule has 0 aromatic carbocycles. The molecule has 1 fully saturated rings. The van der Waals surface area contributed by atoms with Gasteiger partial charge >= 0.3 is 6.09 Å². The monoisotopic (exact) mass is 245 g/mol. The number of rotatable bonds is 4. The smallest absolute Gasteiger partial charge is 0.410 e. The van der Waals surface area contributed by atoms with Crippen molar-refractivity contribution >= 4 is 6.09 Å². The molecule has 0 saturated heterocycles. The molecule has 1 aliphatic rings. The van der Waals surface area contributed by atoms with E-state index in [1.54, 1.807) is 7.05 Å². The van der Waals surface area contributed by atoms with Crippen LogP contribution in [-0.2, 0) is 9.47 Å². The van der Waals surface area contributed by atoms with Gasteiger partial charge < -0.3 is 19.5 Å². The quantitative estimate of drug-likeness (QED) is 0.764. The van der Waals surface area contributed by atoms with Crippen LogP contribution in [0.1, 0.15) is 33.6 Å². The lowest BCUT2D eigenvalue weighted by Gasteiger charge is -2.29. The molecule has 0 aromatic rings. The van der Waals surface area contributed by atoms with Gasteiger partial charge in [0.05, 0.1) is 0 Å². The first kappa shape index (κ1) is 14.3. The van der Waals surface area contributed by atoms with Crippen LogP contribution in [0.15, 0.2) is 0 Å². The third-order valence-corrected chi connectivity index (χ3v) is 2.90. The van der Waals surface area contributed by atoms with E-state index in [4.69, 9.17) is 9.47 Å². The van der Waals surface area contributed by atoms with Gasteiger partial charge in [-0.15, -0.1) is 0 Å². The number of hydrogen-bond donors (Lipinski definition) is 1. The molecule has 1 rings (SSSR count). The van der Waals surface area contributed by atoms with Crippen molar-refractivity contribution in [1.29, 1.82) is 0 Å². The van der Waals surface area contributed by atoms with Crippen molar-refractivity contribution < 1.29 is 19.4 Å². The van der Waals surface area contributed by atoms with Gasteiger partial charge in [-0.3, -0.25) is 0 Å². The summed E-state index contributed by atoms with van der Waals surface area (Å²) in [6.45, 7) is 5.94. The second-order valence-electron chi connectivity index (χ2n) is 5.79. The zero-order valence-corrected chi connectivity index (χ0v) is 11.3. The van der Waals surface area contributed by atoms with Gasteiger partial charge in [0.15, 0.2) is 6.29 Å². The van der Waals surface area contributed by atoms with Crippen LogP contribution in [0, 0.1) is 5.41 Å². The number of carbonyl (C=O) groups is 1. The minimum atomic E-state index is -0.813. The lowest BCUT2D eigenvalue weighted by atomic mass is 10.1. The Balaban J connectivity index is 2.49. The van der Waals surface area contributed by atoms with Crippen molar-refractivity contribution in [2.45, 2.75) is 45.5 Å². The van der Waals surface area contributed by atoms with Crippen molar-refractivity contribution in [2.24, 2.45) is 5.41 Å². The summed E-state index contributed by atoms with van der Waals surface area (Å²) < 4.78 is 10.2. The van der Waals surface area contributed by atoms with Crippen LogP contribution in [-0.4, -0.2) is 48.7 Å². The Kier molecular flexibility index (Phi) is 4.04. The second kappa shape index (κ2) is 4.82. The largest absolute Gasteiger partial charge is 0.444 e. The average molecular weight is 245 g/mol. The number of hydrogen-bond acceptors (Lipinski definition) is 4. The topological polar surface area (TPSA) is 59.0 Å². The molecule has 0 aromatic heterocycles. The van der Waals surface area contributed by atoms with Crippen LogP contribution < -0.4 is 0 Å². The molecular weight excluding hydrogens is 222 g/mol. The molecule has 0 spiro atoms. The van der Waals surface area contributed by atoms with Gasteiger partial charge in [0.1, 0.15) is 5.60 Å². The second-order valence-corrected chi connectivity index (χ2v) is 5.79. The molecule has 0 heterocycles. The SMILES string of the molecule is COC(O)C1(CN(C)C(=O)OC(C)(C)C)CC1. The zero-order valence-electron chi connectivity index (χ0n) is 11.3. The fourth-order valence-corrected chi connectivity index (χ4v) is 1.77. The summed E-state index contributed by atoms with van der Waals surface area (Å²) in [6.07, 6.45) is 0.559. The Morgan fingerprint density at radius 2 is 2.00 bits per heavy atom. The molecule has 1 atom stereocenters. The third-order valence-electron chi connectivity index (χ3n) is 2.90. The summed E-state index contributed by atoms with van der Waals surface area (Å²) in [5, 5.41) is 9.71. The molecule has 5 heteroatoms. The lowest BCUT2D eigenvalue weighted by Crippen LogP contribution is -2.41. The Morgan fingerprint density at radius 3 is 2.35 bits per heavy atom. The summed E-state index contributed by atoms with van der Waals surface area (Å²) in [6, 6.07) is 0. The standard InChI is InChI=1S/C12H23NO4/c1-11(2,3)17-10(15)13(4)8-12(6-7-12)9(14)16-5/h9,14H,6-8H2,1-5H3. The minimum absolute atomic E-state index is 0.305. The van der Waals surface area contributed by atoms with E-state index in [-0.39, 0.29) is 11.5 Å². The summed E-state index contributed by atoms with van der Waals surface area (Å²) in [7, 11) is 3.15. The van der Waals surface area contributed by atoms with Gasteiger partial charge in [-0.25, -0.2) is 4.79 Å². The Labute approximate surface area is 103 Å². The highest BCUT2D eigenvalue weighted by atomic mass is 16.6. The molecule has 0 bridgehead atoms. The molecule has 100 valence electrons. The Bertz CT molecular complexity index is 281.